The van der Waals surface area contributed by atoms with Crippen LogP contribution in [0.1, 0.15) is 49.7 Å². The first-order valence-corrected chi connectivity index (χ1v) is 13.2. The second kappa shape index (κ2) is 10.0. The van der Waals surface area contributed by atoms with Gasteiger partial charge >= 0.3 is 0 Å². The molecule has 0 spiro atoms. The second-order valence-electron chi connectivity index (χ2n) is 10.6. The van der Waals surface area contributed by atoms with Gasteiger partial charge in [-0.2, -0.15) is 0 Å². The Labute approximate surface area is 209 Å². The van der Waals surface area contributed by atoms with Crippen LogP contribution in [-0.2, 0) is 11.3 Å². The number of imidazole rings is 1. The maximum Gasteiger partial charge on any atom is 0.227 e. The lowest BCUT2D eigenvalue weighted by Gasteiger charge is -2.39. The molecule has 35 heavy (non-hydrogen) atoms. The van der Waals surface area contributed by atoms with E-state index in [2.05, 4.69) is 89.4 Å². The van der Waals surface area contributed by atoms with Gasteiger partial charge < -0.3 is 14.4 Å². The minimum absolute atomic E-state index is 0.0915. The third kappa shape index (κ3) is 4.94. The standard InChI is InChI=1S/C29H39N5O/c1-21(2)34-27-10-6-5-9-26(27)30-28(34)20-31-13-7-8-24(19-31)29(35)33-16-14-32(15-17-33)25-12-11-22(3)23(4)18-25/h5-6,9-12,18,21,24H,7-8,13-17,19-20H2,1-4H3/t24-/m0/s1. The summed E-state index contributed by atoms with van der Waals surface area (Å²) < 4.78 is 2.35. The highest BCUT2D eigenvalue weighted by molar-refractivity contribution is 5.79. The van der Waals surface area contributed by atoms with Crippen molar-refractivity contribution in [3.8, 4) is 0 Å². The number of aryl methyl sites for hydroxylation is 2. The van der Waals surface area contributed by atoms with Crippen molar-refractivity contribution in [3.63, 3.8) is 0 Å². The number of hydrogen-bond acceptors (Lipinski definition) is 4. The smallest absolute Gasteiger partial charge is 0.227 e. The zero-order valence-corrected chi connectivity index (χ0v) is 21.7. The van der Waals surface area contributed by atoms with Gasteiger partial charge in [-0.05, 0) is 82.5 Å². The van der Waals surface area contributed by atoms with Gasteiger partial charge in [0.05, 0.1) is 23.5 Å². The van der Waals surface area contributed by atoms with Crippen LogP contribution in [0.2, 0.25) is 0 Å². The quantitative estimate of drug-likeness (QED) is 0.534. The number of fused-ring (bicyclic) bond motifs is 1. The molecule has 0 aliphatic carbocycles. The van der Waals surface area contributed by atoms with Crippen molar-refractivity contribution in [1.29, 1.82) is 0 Å². The Morgan fingerprint density at radius 3 is 2.51 bits per heavy atom. The highest BCUT2D eigenvalue weighted by Gasteiger charge is 2.32. The van der Waals surface area contributed by atoms with Gasteiger partial charge in [0.2, 0.25) is 5.91 Å². The van der Waals surface area contributed by atoms with Gasteiger partial charge in [0.1, 0.15) is 5.82 Å². The molecular formula is C29H39N5O. The number of nitrogens with zero attached hydrogens (tertiary/aromatic N) is 5. The first kappa shape index (κ1) is 23.9. The summed E-state index contributed by atoms with van der Waals surface area (Å²) in [5.74, 6) is 1.54. The zero-order valence-electron chi connectivity index (χ0n) is 21.7. The molecule has 6 nitrogen and oxygen atoms in total. The summed E-state index contributed by atoms with van der Waals surface area (Å²) >= 11 is 0. The summed E-state index contributed by atoms with van der Waals surface area (Å²) in [7, 11) is 0. The van der Waals surface area contributed by atoms with E-state index in [1.54, 1.807) is 0 Å². The summed E-state index contributed by atoms with van der Waals surface area (Å²) in [4.78, 5) is 25.4. The fourth-order valence-electron chi connectivity index (χ4n) is 5.75. The monoisotopic (exact) mass is 473 g/mol. The summed E-state index contributed by atoms with van der Waals surface area (Å²) in [6.45, 7) is 14.9. The van der Waals surface area contributed by atoms with E-state index in [1.807, 2.05) is 0 Å². The van der Waals surface area contributed by atoms with Gasteiger partial charge in [0.25, 0.3) is 0 Å². The maximum absolute atomic E-state index is 13.5. The van der Waals surface area contributed by atoms with Crippen molar-refractivity contribution in [2.24, 2.45) is 5.92 Å². The van der Waals surface area contributed by atoms with Crippen LogP contribution in [0.15, 0.2) is 42.5 Å². The van der Waals surface area contributed by atoms with Crippen LogP contribution < -0.4 is 4.90 Å². The number of carbonyl (C=O) groups is 1. The van der Waals surface area contributed by atoms with Crippen LogP contribution >= 0.6 is 0 Å². The Balaban J connectivity index is 1.21. The first-order chi connectivity index (χ1) is 16.9. The van der Waals surface area contributed by atoms with E-state index < -0.39 is 0 Å². The van der Waals surface area contributed by atoms with Gasteiger partial charge in [-0.15, -0.1) is 0 Å². The van der Waals surface area contributed by atoms with Crippen LogP contribution in [0.3, 0.4) is 0 Å². The number of carbonyl (C=O) groups excluding carboxylic acids is 1. The number of para-hydroxylation sites is 2. The molecule has 0 bridgehead atoms. The van der Waals surface area contributed by atoms with Gasteiger partial charge in [0.15, 0.2) is 0 Å². The van der Waals surface area contributed by atoms with Crippen molar-refractivity contribution in [3.05, 3.63) is 59.4 Å². The van der Waals surface area contributed by atoms with Crippen molar-refractivity contribution >= 4 is 22.6 Å². The number of rotatable bonds is 5. The molecule has 0 unspecified atom stereocenters. The Morgan fingerprint density at radius 2 is 1.77 bits per heavy atom. The maximum atomic E-state index is 13.5. The van der Waals surface area contributed by atoms with Crippen molar-refractivity contribution in [1.82, 2.24) is 19.4 Å². The van der Waals surface area contributed by atoms with Crippen LogP contribution in [0.25, 0.3) is 11.0 Å². The molecule has 2 saturated heterocycles. The van der Waals surface area contributed by atoms with Crippen LogP contribution in [-0.4, -0.2) is 64.5 Å². The minimum Gasteiger partial charge on any atom is -0.368 e. The molecule has 0 saturated carbocycles. The Hall–Kier alpha value is -2.86. The van der Waals surface area contributed by atoms with Crippen molar-refractivity contribution in [2.75, 3.05) is 44.2 Å². The number of benzene rings is 2. The molecule has 0 N–H and O–H groups in total. The average molecular weight is 474 g/mol. The van der Waals surface area contributed by atoms with Crippen molar-refractivity contribution in [2.45, 2.75) is 53.1 Å². The summed E-state index contributed by atoms with van der Waals surface area (Å²) in [6, 6.07) is 15.4. The minimum atomic E-state index is 0.0915. The number of piperidine rings is 1. The molecule has 2 fully saturated rings. The lowest BCUT2D eigenvalue weighted by atomic mass is 9.96. The number of likely N-dealkylation sites (tertiary alicyclic amines) is 1. The topological polar surface area (TPSA) is 44.6 Å². The molecule has 3 aromatic rings. The highest BCUT2D eigenvalue weighted by atomic mass is 16.2. The predicted molar refractivity (Wildman–Crippen MR) is 143 cm³/mol. The van der Waals surface area contributed by atoms with Gasteiger partial charge in [-0.3, -0.25) is 9.69 Å². The summed E-state index contributed by atoms with van der Waals surface area (Å²) in [6.07, 6.45) is 2.06. The molecule has 1 amide bonds. The molecule has 186 valence electrons. The SMILES string of the molecule is Cc1ccc(N2CCN(C(=O)[C@H]3CCCN(Cc4nc5ccccc5n4C(C)C)C3)CC2)cc1C. The van der Waals surface area contributed by atoms with E-state index in [9.17, 15) is 4.79 Å². The van der Waals surface area contributed by atoms with Crippen molar-refractivity contribution < 1.29 is 4.79 Å². The number of aromatic nitrogens is 2. The van der Waals surface area contributed by atoms with Gasteiger partial charge in [-0.1, -0.05) is 18.2 Å². The van der Waals surface area contributed by atoms with Crippen LogP contribution in [0, 0.1) is 19.8 Å². The van der Waals surface area contributed by atoms with Gasteiger partial charge in [0, 0.05) is 44.5 Å². The van der Waals surface area contributed by atoms with Crippen LogP contribution in [0.4, 0.5) is 5.69 Å². The molecule has 1 aromatic heterocycles. The second-order valence-corrected chi connectivity index (χ2v) is 10.6. The normalized spacial score (nSPS) is 19.6. The molecular weight excluding hydrogens is 434 g/mol. The number of piperazine rings is 1. The molecule has 2 aromatic carbocycles. The van der Waals surface area contributed by atoms with E-state index in [0.29, 0.717) is 11.9 Å². The third-order valence-electron chi connectivity index (χ3n) is 7.85. The Bertz CT molecular complexity index is 1190. The first-order valence-electron chi connectivity index (χ1n) is 13.2. The number of hydrogen-bond donors (Lipinski definition) is 0. The molecule has 2 aliphatic rings. The summed E-state index contributed by atoms with van der Waals surface area (Å²) in [5.41, 5.74) is 6.19. The van der Waals surface area contributed by atoms with E-state index in [1.165, 1.54) is 22.3 Å². The van der Waals surface area contributed by atoms with Crippen LogP contribution in [0.5, 0.6) is 0 Å². The number of anilines is 1. The Kier molecular flexibility index (Phi) is 6.83. The van der Waals surface area contributed by atoms with E-state index in [-0.39, 0.29) is 5.92 Å². The lowest BCUT2D eigenvalue weighted by molar-refractivity contribution is -0.137. The highest BCUT2D eigenvalue weighted by Crippen LogP contribution is 2.26. The third-order valence-corrected chi connectivity index (χ3v) is 7.85. The fraction of sp³-hybridized carbons (Fsp3) is 0.517. The fourth-order valence-corrected chi connectivity index (χ4v) is 5.75. The summed E-state index contributed by atoms with van der Waals surface area (Å²) in [5, 5.41) is 0. The number of amides is 1. The average Bonchev–Trinajstić information content (AvgIpc) is 3.23. The zero-order chi connectivity index (χ0) is 24.5. The molecule has 5 rings (SSSR count). The van der Waals surface area contributed by atoms with E-state index >= 15 is 0 Å². The predicted octanol–water partition coefficient (Wildman–Crippen LogP) is 4.79. The lowest BCUT2D eigenvalue weighted by Crippen LogP contribution is -2.52. The largest absolute Gasteiger partial charge is 0.368 e. The molecule has 0 radical (unpaired) electrons. The molecule has 6 heteroatoms. The Morgan fingerprint density at radius 1 is 1.00 bits per heavy atom. The van der Waals surface area contributed by atoms with E-state index in [0.717, 1.165) is 70.0 Å². The van der Waals surface area contributed by atoms with Gasteiger partial charge in [-0.25, -0.2) is 4.98 Å². The molecule has 1 atom stereocenters. The van der Waals surface area contributed by atoms with E-state index in [4.69, 9.17) is 4.98 Å². The molecule has 3 heterocycles. The molecule has 2 aliphatic heterocycles.